The lowest BCUT2D eigenvalue weighted by Crippen LogP contribution is -2.05. The Morgan fingerprint density at radius 2 is 1.21 bits per heavy atom. The van der Waals surface area contributed by atoms with Gasteiger partial charge in [-0.05, 0) is 12.1 Å². The van der Waals surface area contributed by atoms with E-state index in [-0.39, 0.29) is 5.15 Å². The van der Waals surface area contributed by atoms with Gasteiger partial charge in [-0.25, -0.2) is 26.9 Å². The van der Waals surface area contributed by atoms with E-state index in [9.17, 15) is 26.3 Å². The summed E-state index contributed by atoms with van der Waals surface area (Å²) in [6.07, 6.45) is 0. The smallest absolute Gasteiger partial charge is 0.207 e. The molecule has 2 aromatic rings. The summed E-state index contributed by atoms with van der Waals surface area (Å²) >= 11 is 5.32. The van der Waals surface area contributed by atoms with Gasteiger partial charge in [0, 0.05) is 5.56 Å². The molecule has 2 rings (SSSR count). The van der Waals surface area contributed by atoms with Crippen molar-refractivity contribution in [3.05, 3.63) is 52.3 Å². The van der Waals surface area contributed by atoms with Crippen LogP contribution in [0, 0.1) is 35.0 Å². The molecule has 0 saturated heterocycles. The monoisotopic (exact) mass is 297 g/mol. The van der Waals surface area contributed by atoms with Gasteiger partial charge in [0.2, 0.25) is 11.8 Å². The van der Waals surface area contributed by atoms with Gasteiger partial charge in [0.25, 0.3) is 0 Å². The number of rotatable bonds is 1. The van der Waals surface area contributed by atoms with E-state index in [1.807, 2.05) is 0 Å². The molecule has 1 nitrogen and oxygen atoms in total. The first-order valence-corrected chi connectivity index (χ1v) is 5.06. The molecule has 0 unspecified atom stereocenters. The molecule has 0 spiro atoms. The average Bonchev–Trinajstić information content (AvgIpc) is 2.37. The second kappa shape index (κ2) is 4.73. The molecule has 1 aromatic carbocycles. The molecule has 0 aliphatic heterocycles. The van der Waals surface area contributed by atoms with Crippen LogP contribution in [0.2, 0.25) is 5.15 Å². The first kappa shape index (κ1) is 13.7. The highest BCUT2D eigenvalue weighted by Gasteiger charge is 2.28. The molecule has 100 valence electrons. The van der Waals surface area contributed by atoms with Crippen molar-refractivity contribution < 1.29 is 26.3 Å². The van der Waals surface area contributed by atoms with Crippen molar-refractivity contribution in [3.63, 3.8) is 0 Å². The molecule has 0 radical (unpaired) electrons. The molecule has 19 heavy (non-hydrogen) atoms. The van der Waals surface area contributed by atoms with E-state index in [4.69, 9.17) is 11.6 Å². The maximum Gasteiger partial charge on any atom is 0.222 e. The van der Waals surface area contributed by atoms with Gasteiger partial charge in [-0.2, -0.15) is 4.39 Å². The summed E-state index contributed by atoms with van der Waals surface area (Å²) in [5, 5.41) is -0.329. The van der Waals surface area contributed by atoms with Crippen molar-refractivity contribution in [1.82, 2.24) is 4.98 Å². The van der Waals surface area contributed by atoms with Gasteiger partial charge in [-0.15, -0.1) is 0 Å². The van der Waals surface area contributed by atoms with Crippen LogP contribution in [0.3, 0.4) is 0 Å². The number of halogens is 7. The third-order valence-corrected chi connectivity index (χ3v) is 2.50. The number of hydrogen-bond acceptors (Lipinski definition) is 1. The maximum atomic E-state index is 13.4. The molecule has 0 aliphatic carbocycles. The van der Waals surface area contributed by atoms with Gasteiger partial charge >= 0.3 is 0 Å². The minimum atomic E-state index is -2.32. The van der Waals surface area contributed by atoms with Crippen molar-refractivity contribution >= 4 is 11.6 Å². The van der Waals surface area contributed by atoms with E-state index >= 15 is 0 Å². The molecule has 0 saturated carbocycles. The molecule has 1 aromatic heterocycles. The zero-order valence-electron chi connectivity index (χ0n) is 8.75. The third-order valence-electron chi connectivity index (χ3n) is 2.29. The van der Waals surface area contributed by atoms with Gasteiger partial charge in [0.15, 0.2) is 23.3 Å². The van der Waals surface area contributed by atoms with Gasteiger partial charge in [-0.1, -0.05) is 11.6 Å². The standard InChI is InChI=1S/C11H2ClF6N/c12-4-2-1-3(11(18)19-4)5-6(13)8(15)10(17)9(16)7(5)14/h1-2H. The van der Waals surface area contributed by atoms with Crippen molar-refractivity contribution in [2.45, 2.75) is 0 Å². The van der Waals surface area contributed by atoms with Crippen LogP contribution in [-0.4, -0.2) is 4.98 Å². The van der Waals surface area contributed by atoms with Crippen LogP contribution in [0.1, 0.15) is 0 Å². The largest absolute Gasteiger partial charge is 0.222 e. The average molecular weight is 298 g/mol. The molecule has 0 atom stereocenters. The Morgan fingerprint density at radius 1 is 0.737 bits per heavy atom. The lowest BCUT2D eigenvalue weighted by molar-refractivity contribution is 0.380. The highest BCUT2D eigenvalue weighted by Crippen LogP contribution is 2.32. The number of nitrogens with zero attached hydrogens (tertiary/aromatic N) is 1. The summed E-state index contributed by atoms with van der Waals surface area (Å²) in [5.41, 5.74) is -2.27. The topological polar surface area (TPSA) is 12.9 Å². The molecule has 0 fully saturated rings. The lowest BCUT2D eigenvalue weighted by atomic mass is 10.1. The van der Waals surface area contributed by atoms with Gasteiger partial charge in [0.05, 0.1) is 5.56 Å². The SMILES string of the molecule is Fc1nc(Cl)ccc1-c1c(F)c(F)c(F)c(F)c1F. The molecule has 0 N–H and O–H groups in total. The number of aromatic nitrogens is 1. The first-order valence-electron chi connectivity index (χ1n) is 4.68. The van der Waals surface area contributed by atoms with Crippen LogP contribution < -0.4 is 0 Å². The van der Waals surface area contributed by atoms with E-state index < -0.39 is 46.2 Å². The van der Waals surface area contributed by atoms with Crippen molar-refractivity contribution in [3.8, 4) is 11.1 Å². The van der Waals surface area contributed by atoms with E-state index in [1.165, 1.54) is 0 Å². The van der Waals surface area contributed by atoms with Crippen molar-refractivity contribution in [1.29, 1.82) is 0 Å². The molecule has 1 heterocycles. The Kier molecular flexibility index (Phi) is 3.40. The Morgan fingerprint density at radius 3 is 1.68 bits per heavy atom. The summed E-state index contributed by atoms with van der Waals surface area (Å²) in [7, 11) is 0. The fraction of sp³-hybridized carbons (Fsp3) is 0. The maximum absolute atomic E-state index is 13.4. The highest BCUT2D eigenvalue weighted by atomic mass is 35.5. The fourth-order valence-electron chi connectivity index (χ4n) is 1.44. The lowest BCUT2D eigenvalue weighted by Gasteiger charge is -2.08. The third kappa shape index (κ3) is 2.14. The molecular weight excluding hydrogens is 296 g/mol. The van der Waals surface area contributed by atoms with Gasteiger partial charge in [0.1, 0.15) is 5.15 Å². The minimum absolute atomic E-state index is 0.329. The van der Waals surface area contributed by atoms with Crippen molar-refractivity contribution in [2.75, 3.05) is 0 Å². The van der Waals surface area contributed by atoms with Crippen molar-refractivity contribution in [2.24, 2.45) is 0 Å². The Bertz CT molecular complexity index is 644. The summed E-state index contributed by atoms with van der Waals surface area (Å²) in [5.74, 6) is -12.4. The molecule has 0 aliphatic rings. The highest BCUT2D eigenvalue weighted by molar-refractivity contribution is 6.29. The molecule has 8 heteroatoms. The second-order valence-corrected chi connectivity index (χ2v) is 3.80. The Labute approximate surface area is 107 Å². The van der Waals surface area contributed by atoms with Gasteiger partial charge in [-0.3, -0.25) is 0 Å². The molecule has 0 bridgehead atoms. The number of benzene rings is 1. The zero-order valence-corrected chi connectivity index (χ0v) is 9.50. The van der Waals surface area contributed by atoms with E-state index in [1.54, 1.807) is 0 Å². The molecular formula is C11H2ClF6N. The van der Waals surface area contributed by atoms with Crippen LogP contribution in [0.15, 0.2) is 12.1 Å². The summed E-state index contributed by atoms with van der Waals surface area (Å²) in [4.78, 5) is 3.04. The van der Waals surface area contributed by atoms with Crippen LogP contribution >= 0.6 is 11.6 Å². The number of pyridine rings is 1. The normalized spacial score (nSPS) is 10.9. The van der Waals surface area contributed by atoms with Crippen LogP contribution in [-0.2, 0) is 0 Å². The van der Waals surface area contributed by atoms with E-state index in [2.05, 4.69) is 4.98 Å². The first-order chi connectivity index (χ1) is 8.84. The number of hydrogen-bond donors (Lipinski definition) is 0. The fourth-order valence-corrected chi connectivity index (χ4v) is 1.58. The predicted octanol–water partition coefficient (Wildman–Crippen LogP) is 4.24. The van der Waals surface area contributed by atoms with Crippen LogP contribution in [0.4, 0.5) is 26.3 Å². The van der Waals surface area contributed by atoms with E-state index in [0.29, 0.717) is 0 Å². The summed E-state index contributed by atoms with van der Waals surface area (Å²) < 4.78 is 79.0. The predicted molar refractivity (Wildman–Crippen MR) is 54.4 cm³/mol. The van der Waals surface area contributed by atoms with Crippen LogP contribution in [0.25, 0.3) is 11.1 Å². The second-order valence-electron chi connectivity index (χ2n) is 3.42. The summed E-state index contributed by atoms with van der Waals surface area (Å²) in [6.45, 7) is 0. The minimum Gasteiger partial charge on any atom is -0.207 e. The zero-order chi connectivity index (χ0) is 14.3. The quantitative estimate of drug-likeness (QED) is 0.332. The Hall–Kier alpha value is -1.76. The van der Waals surface area contributed by atoms with E-state index in [0.717, 1.165) is 12.1 Å². The van der Waals surface area contributed by atoms with Gasteiger partial charge < -0.3 is 0 Å². The Balaban J connectivity index is 2.83. The van der Waals surface area contributed by atoms with Crippen LogP contribution in [0.5, 0.6) is 0 Å². The molecule has 0 amide bonds. The summed E-state index contributed by atoms with van der Waals surface area (Å²) in [6, 6.07) is 1.72.